The van der Waals surface area contributed by atoms with Crippen molar-refractivity contribution in [3.8, 4) is 0 Å². The zero-order chi connectivity index (χ0) is 18.3. The summed E-state index contributed by atoms with van der Waals surface area (Å²) in [4.78, 5) is 14.0. The Morgan fingerprint density at radius 2 is 0.750 bits per heavy atom. The number of aromatic nitrogens is 3. The van der Waals surface area contributed by atoms with Crippen molar-refractivity contribution in [2.75, 3.05) is 55.2 Å². The van der Waals surface area contributed by atoms with Gasteiger partial charge in [0, 0.05) is 18.1 Å². The summed E-state index contributed by atoms with van der Waals surface area (Å²) in [5, 5.41) is 20.8. The average molecular weight is 412 g/mol. The van der Waals surface area contributed by atoms with Crippen molar-refractivity contribution >= 4 is 30.3 Å². The molecular weight excluding hydrogens is 378 g/mol. The molecule has 9 nitrogen and oxygen atoms in total. The van der Waals surface area contributed by atoms with Crippen molar-refractivity contribution in [1.82, 2.24) is 30.9 Å². The smallest absolute Gasteiger partial charge is 0.229 e. The molecule has 1 aromatic heterocycles. The molecule has 3 saturated heterocycles. The third-order valence-electron chi connectivity index (χ3n) is 5.65. The van der Waals surface area contributed by atoms with E-state index in [0.717, 1.165) is 77.8 Å². The van der Waals surface area contributed by atoms with Crippen molar-refractivity contribution in [3.63, 3.8) is 0 Å². The van der Waals surface area contributed by atoms with Crippen LogP contribution in [0.25, 0.3) is 0 Å². The summed E-state index contributed by atoms with van der Waals surface area (Å²) in [5.74, 6) is 2.05. The molecule has 0 spiro atoms. The highest BCUT2D eigenvalue weighted by atomic mass is 35.5. The molecule has 0 aromatic carbocycles. The molecule has 3 aliphatic heterocycles. The van der Waals surface area contributed by atoms with Gasteiger partial charge in [0.1, 0.15) is 0 Å². The van der Waals surface area contributed by atoms with Crippen LogP contribution in [0.15, 0.2) is 0 Å². The predicted molar refractivity (Wildman–Crippen MR) is 116 cm³/mol. The van der Waals surface area contributed by atoms with Crippen LogP contribution in [0.4, 0.5) is 17.8 Å². The van der Waals surface area contributed by atoms with Gasteiger partial charge in [-0.3, -0.25) is 0 Å². The number of anilines is 3. The maximum atomic E-state index is 4.68. The topological polar surface area (TPSA) is 111 Å². The van der Waals surface area contributed by atoms with E-state index >= 15 is 0 Å². The van der Waals surface area contributed by atoms with E-state index in [9.17, 15) is 0 Å². The number of halogens is 1. The Balaban J connectivity index is 0.00000225. The summed E-state index contributed by atoms with van der Waals surface area (Å²) < 4.78 is 0. The van der Waals surface area contributed by atoms with E-state index in [1.54, 1.807) is 0 Å². The van der Waals surface area contributed by atoms with Crippen LogP contribution in [-0.2, 0) is 0 Å². The first-order chi connectivity index (χ1) is 13.3. The van der Waals surface area contributed by atoms with Crippen molar-refractivity contribution in [3.05, 3.63) is 0 Å². The zero-order valence-corrected chi connectivity index (χ0v) is 17.3. The molecule has 0 radical (unpaired) electrons. The van der Waals surface area contributed by atoms with Gasteiger partial charge in [-0.05, 0) is 77.8 Å². The number of hydrogen-bond donors (Lipinski definition) is 6. The van der Waals surface area contributed by atoms with E-state index in [1.807, 2.05) is 0 Å². The molecule has 158 valence electrons. The highest BCUT2D eigenvalue weighted by Crippen LogP contribution is 2.18. The summed E-state index contributed by atoms with van der Waals surface area (Å²) in [5.41, 5.74) is 0. The summed E-state index contributed by atoms with van der Waals surface area (Å²) in [6.45, 7) is 6.27. The molecule has 0 atom stereocenters. The predicted octanol–water partition coefficient (Wildman–Crippen LogP) is 0.785. The number of nitrogens with one attached hydrogen (secondary N) is 6. The molecule has 0 amide bonds. The molecule has 3 fully saturated rings. The fourth-order valence-electron chi connectivity index (χ4n) is 4.02. The molecule has 28 heavy (non-hydrogen) atoms. The molecule has 0 unspecified atom stereocenters. The average Bonchev–Trinajstić information content (AvgIpc) is 2.70. The van der Waals surface area contributed by atoms with Gasteiger partial charge in [0.25, 0.3) is 0 Å². The molecular formula is C18H34ClN9. The van der Waals surface area contributed by atoms with Crippen molar-refractivity contribution in [2.24, 2.45) is 0 Å². The number of rotatable bonds is 6. The van der Waals surface area contributed by atoms with Crippen molar-refractivity contribution in [2.45, 2.75) is 56.7 Å². The minimum absolute atomic E-state index is 0. The summed E-state index contributed by atoms with van der Waals surface area (Å²) >= 11 is 0. The molecule has 3 aliphatic rings. The third-order valence-corrected chi connectivity index (χ3v) is 5.65. The van der Waals surface area contributed by atoms with Crippen LogP contribution < -0.4 is 31.9 Å². The maximum Gasteiger partial charge on any atom is 0.229 e. The van der Waals surface area contributed by atoms with Crippen LogP contribution in [-0.4, -0.2) is 72.3 Å². The highest BCUT2D eigenvalue weighted by Gasteiger charge is 2.19. The van der Waals surface area contributed by atoms with Crippen molar-refractivity contribution < 1.29 is 0 Å². The Morgan fingerprint density at radius 3 is 1.00 bits per heavy atom. The van der Waals surface area contributed by atoms with Gasteiger partial charge < -0.3 is 31.9 Å². The van der Waals surface area contributed by atoms with Crippen molar-refractivity contribution in [1.29, 1.82) is 0 Å². The second-order valence-corrected chi connectivity index (χ2v) is 7.81. The van der Waals surface area contributed by atoms with Gasteiger partial charge in [0.2, 0.25) is 17.8 Å². The number of hydrogen-bond acceptors (Lipinski definition) is 9. The fraction of sp³-hybridized carbons (Fsp3) is 0.833. The molecule has 10 heteroatoms. The van der Waals surface area contributed by atoms with Gasteiger partial charge in [-0.1, -0.05) is 0 Å². The Labute approximate surface area is 173 Å². The van der Waals surface area contributed by atoms with Gasteiger partial charge in [0.05, 0.1) is 0 Å². The Bertz CT molecular complexity index is 491. The molecule has 6 N–H and O–H groups in total. The maximum absolute atomic E-state index is 4.68. The number of nitrogens with zero attached hydrogens (tertiary/aromatic N) is 3. The van der Waals surface area contributed by atoms with Crippen LogP contribution in [0.3, 0.4) is 0 Å². The molecule has 4 rings (SSSR count). The highest BCUT2D eigenvalue weighted by molar-refractivity contribution is 5.85. The van der Waals surface area contributed by atoms with Crippen LogP contribution >= 0.6 is 12.4 Å². The Hall–Kier alpha value is -1.42. The van der Waals surface area contributed by atoms with Crippen LogP contribution in [0.5, 0.6) is 0 Å². The second-order valence-electron chi connectivity index (χ2n) is 7.81. The van der Waals surface area contributed by atoms with Crippen LogP contribution in [0, 0.1) is 0 Å². The van der Waals surface area contributed by atoms with Gasteiger partial charge in [-0.15, -0.1) is 12.4 Å². The van der Waals surface area contributed by atoms with E-state index < -0.39 is 0 Å². The molecule has 0 saturated carbocycles. The molecule has 1 aromatic rings. The SMILES string of the molecule is C1CC(Nc2nc(NC3CCNCC3)nc(NC3CCNCC3)n2)CCN1.Cl. The van der Waals surface area contributed by atoms with E-state index in [4.69, 9.17) is 0 Å². The second kappa shape index (κ2) is 10.9. The fourth-order valence-corrected chi connectivity index (χ4v) is 4.02. The molecule has 0 bridgehead atoms. The van der Waals surface area contributed by atoms with Gasteiger partial charge >= 0.3 is 0 Å². The lowest BCUT2D eigenvalue weighted by molar-refractivity contribution is 0.472. The van der Waals surface area contributed by atoms with Crippen LogP contribution in [0.1, 0.15) is 38.5 Å². The lowest BCUT2D eigenvalue weighted by Gasteiger charge is -2.27. The summed E-state index contributed by atoms with van der Waals surface area (Å²) in [6.07, 6.45) is 6.58. The van der Waals surface area contributed by atoms with Gasteiger partial charge in [0.15, 0.2) is 0 Å². The minimum Gasteiger partial charge on any atom is -0.351 e. The number of piperidine rings is 3. The Kier molecular flexibility index (Phi) is 8.32. The van der Waals surface area contributed by atoms with Crippen LogP contribution in [0.2, 0.25) is 0 Å². The first kappa shape index (κ1) is 21.3. The first-order valence-electron chi connectivity index (χ1n) is 10.5. The van der Waals surface area contributed by atoms with Gasteiger partial charge in [-0.2, -0.15) is 15.0 Å². The monoisotopic (exact) mass is 411 g/mol. The third kappa shape index (κ3) is 6.30. The molecule has 4 heterocycles. The minimum atomic E-state index is 0. The van der Waals surface area contributed by atoms with E-state index in [2.05, 4.69) is 46.9 Å². The zero-order valence-electron chi connectivity index (χ0n) is 16.5. The largest absolute Gasteiger partial charge is 0.351 e. The van der Waals surface area contributed by atoms with E-state index in [0.29, 0.717) is 36.0 Å². The van der Waals surface area contributed by atoms with Gasteiger partial charge in [-0.25, -0.2) is 0 Å². The summed E-state index contributed by atoms with van der Waals surface area (Å²) in [7, 11) is 0. The summed E-state index contributed by atoms with van der Waals surface area (Å²) in [6, 6.07) is 1.27. The first-order valence-corrected chi connectivity index (χ1v) is 10.5. The lowest BCUT2D eigenvalue weighted by atomic mass is 10.1. The normalized spacial score (nSPS) is 22.3. The standard InChI is InChI=1S/C18H33N9.ClH/c1-7-19-8-2-13(1)22-16-25-17(23-14-3-9-20-10-4-14)27-18(26-16)24-15-5-11-21-12-6-15;/h13-15,19-21H,1-12H2,(H3,22,23,24,25,26,27);1H. The van der Waals surface area contributed by atoms with E-state index in [1.165, 1.54) is 0 Å². The lowest BCUT2D eigenvalue weighted by Crippen LogP contribution is -2.37. The quantitative estimate of drug-likeness (QED) is 0.404. The van der Waals surface area contributed by atoms with E-state index in [-0.39, 0.29) is 12.4 Å². The molecule has 0 aliphatic carbocycles. The Morgan fingerprint density at radius 1 is 0.500 bits per heavy atom.